The van der Waals surface area contributed by atoms with Gasteiger partial charge in [0.25, 0.3) is 3.79 Å². The minimum Gasteiger partial charge on any atom is -0.407 e. The van der Waals surface area contributed by atoms with Crippen molar-refractivity contribution in [3.8, 4) is 17.8 Å². The van der Waals surface area contributed by atoms with Crippen molar-refractivity contribution in [2.24, 2.45) is 0 Å². The number of benzene rings is 1. The molecule has 1 aromatic carbocycles. The van der Waals surface area contributed by atoms with Crippen LogP contribution in [0.5, 0.6) is 5.75 Å². The lowest BCUT2D eigenvalue weighted by Gasteiger charge is -1.98. The largest absolute Gasteiger partial charge is 0.407 e. The number of rotatable bonds is 1. The van der Waals surface area contributed by atoms with Crippen LogP contribution in [0.15, 0.2) is 30.3 Å². The van der Waals surface area contributed by atoms with Crippen LogP contribution in [0.25, 0.3) is 0 Å². The van der Waals surface area contributed by atoms with E-state index < -0.39 is 3.79 Å². The van der Waals surface area contributed by atoms with Gasteiger partial charge in [0.1, 0.15) is 11.9 Å². The molecule has 0 unspecified atom stereocenters. The maximum absolute atomic E-state index is 5.38. The van der Waals surface area contributed by atoms with Crippen molar-refractivity contribution in [3.05, 3.63) is 30.3 Å². The van der Waals surface area contributed by atoms with Crippen molar-refractivity contribution in [2.75, 3.05) is 0 Å². The third-order valence-electron chi connectivity index (χ3n) is 1.10. The summed E-state index contributed by atoms with van der Waals surface area (Å²) in [4.78, 5) is 0. The lowest BCUT2D eigenvalue weighted by atomic mass is 10.3. The first-order chi connectivity index (χ1) is 6.08. The Morgan fingerprint density at radius 1 is 1.08 bits per heavy atom. The molecule has 0 heterocycles. The second-order valence-electron chi connectivity index (χ2n) is 2.14. The molecule has 0 aromatic heterocycles. The van der Waals surface area contributed by atoms with E-state index in [-0.39, 0.29) is 0 Å². The van der Waals surface area contributed by atoms with Crippen molar-refractivity contribution >= 4 is 34.8 Å². The smallest absolute Gasteiger partial charge is 0.255 e. The van der Waals surface area contributed by atoms with Gasteiger partial charge >= 0.3 is 0 Å². The fourth-order valence-electron chi connectivity index (χ4n) is 0.631. The predicted molar refractivity (Wildman–Crippen MR) is 55.1 cm³/mol. The number of alkyl halides is 3. The summed E-state index contributed by atoms with van der Waals surface area (Å²) >= 11 is 16.1. The average Bonchev–Trinajstić information content (AvgIpc) is 2.04. The Balaban J connectivity index is 2.56. The SMILES string of the molecule is ClC(Cl)(Cl)C#COc1ccccc1. The van der Waals surface area contributed by atoms with Gasteiger partial charge in [-0.1, -0.05) is 53.0 Å². The molecular formula is C9H5Cl3O. The molecule has 0 spiro atoms. The van der Waals surface area contributed by atoms with Gasteiger partial charge in [-0.05, 0) is 18.1 Å². The molecule has 13 heavy (non-hydrogen) atoms. The molecule has 1 aromatic rings. The molecule has 0 aliphatic rings. The standard InChI is InChI=1S/C9H5Cl3O/c10-9(11,12)6-7-13-8-4-2-1-3-5-8/h1-5H. The van der Waals surface area contributed by atoms with E-state index in [2.05, 4.69) is 12.0 Å². The van der Waals surface area contributed by atoms with Gasteiger partial charge < -0.3 is 4.74 Å². The summed E-state index contributed by atoms with van der Waals surface area (Å²) in [7, 11) is 0. The first-order valence-electron chi connectivity index (χ1n) is 3.39. The number of para-hydroxylation sites is 1. The molecule has 0 fully saturated rings. The molecule has 0 saturated carbocycles. The molecule has 0 amide bonds. The van der Waals surface area contributed by atoms with Crippen LogP contribution in [0, 0.1) is 12.0 Å². The van der Waals surface area contributed by atoms with Crippen LogP contribution < -0.4 is 4.74 Å². The Labute approximate surface area is 91.5 Å². The maximum Gasteiger partial charge on any atom is 0.255 e. The van der Waals surface area contributed by atoms with E-state index in [1.807, 2.05) is 18.2 Å². The number of hydrogen-bond donors (Lipinski definition) is 0. The molecule has 1 nitrogen and oxygen atoms in total. The quantitative estimate of drug-likeness (QED) is 0.535. The van der Waals surface area contributed by atoms with Gasteiger partial charge in [-0.25, -0.2) is 0 Å². The predicted octanol–water partition coefficient (Wildman–Crippen LogP) is 3.40. The summed E-state index contributed by atoms with van der Waals surface area (Å²) in [6.07, 6.45) is 2.30. The zero-order valence-electron chi connectivity index (χ0n) is 6.43. The first kappa shape index (κ1) is 10.5. The highest BCUT2D eigenvalue weighted by Gasteiger charge is 2.14. The van der Waals surface area contributed by atoms with E-state index in [9.17, 15) is 0 Å². The molecule has 0 aliphatic carbocycles. The Kier molecular flexibility index (Phi) is 3.74. The minimum atomic E-state index is -1.59. The summed E-state index contributed by atoms with van der Waals surface area (Å²) in [6, 6.07) is 9.04. The average molecular weight is 235 g/mol. The fraction of sp³-hybridized carbons (Fsp3) is 0.111. The van der Waals surface area contributed by atoms with Crippen LogP contribution in [0.2, 0.25) is 0 Å². The third-order valence-corrected chi connectivity index (χ3v) is 1.39. The van der Waals surface area contributed by atoms with Gasteiger partial charge in [-0.2, -0.15) is 0 Å². The fourth-order valence-corrected chi connectivity index (χ4v) is 0.747. The van der Waals surface area contributed by atoms with E-state index in [0.717, 1.165) is 0 Å². The van der Waals surface area contributed by atoms with E-state index in [1.54, 1.807) is 12.1 Å². The summed E-state index contributed by atoms with van der Waals surface area (Å²) < 4.78 is 3.38. The highest BCUT2D eigenvalue weighted by molar-refractivity contribution is 6.69. The van der Waals surface area contributed by atoms with Crippen LogP contribution in [0.1, 0.15) is 0 Å². The molecule has 1 rings (SSSR count). The zero-order chi connectivity index (χ0) is 9.73. The van der Waals surface area contributed by atoms with Crippen molar-refractivity contribution in [2.45, 2.75) is 3.79 Å². The highest BCUT2D eigenvalue weighted by atomic mass is 35.6. The monoisotopic (exact) mass is 234 g/mol. The molecule has 68 valence electrons. The van der Waals surface area contributed by atoms with Gasteiger partial charge in [-0.15, -0.1) is 0 Å². The molecule has 0 aliphatic heterocycles. The van der Waals surface area contributed by atoms with Gasteiger partial charge in [0, 0.05) is 0 Å². The van der Waals surface area contributed by atoms with Crippen molar-refractivity contribution in [1.29, 1.82) is 0 Å². The zero-order valence-corrected chi connectivity index (χ0v) is 8.70. The van der Waals surface area contributed by atoms with Crippen LogP contribution in [0.3, 0.4) is 0 Å². The van der Waals surface area contributed by atoms with E-state index in [4.69, 9.17) is 39.5 Å². The van der Waals surface area contributed by atoms with E-state index >= 15 is 0 Å². The molecule has 0 saturated heterocycles. The molecule has 0 bridgehead atoms. The van der Waals surface area contributed by atoms with Gasteiger partial charge in [-0.3, -0.25) is 0 Å². The normalized spacial score (nSPS) is 10.1. The van der Waals surface area contributed by atoms with Crippen LogP contribution >= 0.6 is 34.8 Å². The number of hydrogen-bond acceptors (Lipinski definition) is 1. The maximum atomic E-state index is 5.38. The van der Waals surface area contributed by atoms with Gasteiger partial charge in [0.05, 0.1) is 0 Å². The molecule has 0 N–H and O–H groups in total. The number of halogens is 3. The highest BCUT2D eigenvalue weighted by Crippen LogP contribution is 2.24. The van der Waals surface area contributed by atoms with Crippen LogP contribution in [-0.2, 0) is 0 Å². The second-order valence-corrected chi connectivity index (χ2v) is 4.42. The lowest BCUT2D eigenvalue weighted by Crippen LogP contribution is -1.96. The lowest BCUT2D eigenvalue weighted by molar-refractivity contribution is 0.519. The summed E-state index contributed by atoms with van der Waals surface area (Å²) in [5.74, 6) is 2.91. The molecule has 0 radical (unpaired) electrons. The van der Waals surface area contributed by atoms with Crippen molar-refractivity contribution < 1.29 is 4.74 Å². The Morgan fingerprint density at radius 2 is 1.69 bits per heavy atom. The second kappa shape index (κ2) is 4.62. The van der Waals surface area contributed by atoms with Crippen LogP contribution in [0.4, 0.5) is 0 Å². The Bertz CT molecular complexity index is 318. The van der Waals surface area contributed by atoms with Crippen molar-refractivity contribution in [1.82, 2.24) is 0 Å². The summed E-state index contributed by atoms with van der Waals surface area (Å²) in [5.41, 5.74) is 0. The number of ether oxygens (including phenoxy) is 1. The van der Waals surface area contributed by atoms with Crippen molar-refractivity contribution in [3.63, 3.8) is 0 Å². The van der Waals surface area contributed by atoms with Gasteiger partial charge in [0.15, 0.2) is 0 Å². The van der Waals surface area contributed by atoms with Gasteiger partial charge in [0.2, 0.25) is 0 Å². The Hall–Kier alpha value is -0.550. The Morgan fingerprint density at radius 3 is 2.23 bits per heavy atom. The molecule has 4 heteroatoms. The topological polar surface area (TPSA) is 9.23 Å². The molecule has 0 atom stereocenters. The van der Waals surface area contributed by atoms with E-state index in [0.29, 0.717) is 5.75 Å². The third kappa shape index (κ3) is 4.90. The first-order valence-corrected chi connectivity index (χ1v) is 4.52. The van der Waals surface area contributed by atoms with E-state index in [1.165, 1.54) is 0 Å². The minimum absolute atomic E-state index is 0.615. The summed E-state index contributed by atoms with van der Waals surface area (Å²) in [5, 5.41) is 0. The molecular weight excluding hydrogens is 230 g/mol. The van der Waals surface area contributed by atoms with Crippen LogP contribution in [-0.4, -0.2) is 3.79 Å². The summed E-state index contributed by atoms with van der Waals surface area (Å²) in [6.45, 7) is 0.